The summed E-state index contributed by atoms with van der Waals surface area (Å²) >= 11 is 1.74. The molecule has 2 nitrogen and oxygen atoms in total. The zero-order chi connectivity index (χ0) is 14.5. The lowest BCUT2D eigenvalue weighted by Gasteiger charge is -2.16. The fraction of sp³-hybridized carbons (Fsp3) is 0.375. The molecule has 4 heteroatoms. The SMILES string of the molecule is CCc1ccc(COc2cc(F)ccc2C(C)NC)s1. The number of aryl methyl sites for hydroxylation is 1. The first-order valence-electron chi connectivity index (χ1n) is 6.81. The van der Waals surface area contributed by atoms with E-state index >= 15 is 0 Å². The van der Waals surface area contributed by atoms with Gasteiger partial charge in [0.05, 0.1) is 0 Å². The Labute approximate surface area is 123 Å². The molecule has 2 rings (SSSR count). The number of benzene rings is 1. The maximum absolute atomic E-state index is 13.4. The quantitative estimate of drug-likeness (QED) is 0.857. The maximum Gasteiger partial charge on any atom is 0.127 e. The largest absolute Gasteiger partial charge is 0.488 e. The molecular weight excluding hydrogens is 273 g/mol. The van der Waals surface area contributed by atoms with Gasteiger partial charge < -0.3 is 10.1 Å². The van der Waals surface area contributed by atoms with E-state index in [-0.39, 0.29) is 11.9 Å². The molecule has 0 fully saturated rings. The lowest BCUT2D eigenvalue weighted by atomic mass is 10.1. The molecule has 0 saturated carbocycles. The van der Waals surface area contributed by atoms with E-state index in [9.17, 15) is 4.39 Å². The molecule has 108 valence electrons. The summed E-state index contributed by atoms with van der Waals surface area (Å²) in [7, 11) is 1.88. The molecule has 1 unspecified atom stereocenters. The van der Waals surface area contributed by atoms with Crippen LogP contribution < -0.4 is 10.1 Å². The highest BCUT2D eigenvalue weighted by Gasteiger charge is 2.11. The second-order valence-electron chi connectivity index (χ2n) is 4.70. The summed E-state index contributed by atoms with van der Waals surface area (Å²) in [5.41, 5.74) is 0.973. The molecule has 0 aliphatic carbocycles. The number of ether oxygens (including phenoxy) is 1. The Hall–Kier alpha value is -1.39. The standard InChI is InChI=1S/C16H20FNOS/c1-4-13-6-7-14(20-13)10-19-16-9-12(17)5-8-15(16)11(2)18-3/h5-9,11,18H,4,10H2,1-3H3. The van der Waals surface area contributed by atoms with Gasteiger partial charge in [-0.1, -0.05) is 13.0 Å². The van der Waals surface area contributed by atoms with Gasteiger partial charge in [0.15, 0.2) is 0 Å². The molecule has 0 spiro atoms. The molecule has 20 heavy (non-hydrogen) atoms. The highest BCUT2D eigenvalue weighted by molar-refractivity contribution is 7.11. The maximum atomic E-state index is 13.4. The topological polar surface area (TPSA) is 21.3 Å². The average molecular weight is 293 g/mol. The molecule has 0 amide bonds. The monoisotopic (exact) mass is 293 g/mol. The van der Waals surface area contributed by atoms with E-state index < -0.39 is 0 Å². The Morgan fingerprint density at radius 2 is 2.00 bits per heavy atom. The van der Waals surface area contributed by atoms with Gasteiger partial charge in [0.25, 0.3) is 0 Å². The molecule has 1 heterocycles. The van der Waals surface area contributed by atoms with Crippen LogP contribution >= 0.6 is 11.3 Å². The lowest BCUT2D eigenvalue weighted by Crippen LogP contribution is -2.13. The molecule has 0 saturated heterocycles. The Morgan fingerprint density at radius 1 is 1.25 bits per heavy atom. The third kappa shape index (κ3) is 3.58. The van der Waals surface area contributed by atoms with Crippen LogP contribution in [0.1, 0.15) is 35.2 Å². The molecular formula is C16H20FNOS. The predicted molar refractivity (Wildman–Crippen MR) is 81.9 cm³/mol. The van der Waals surface area contributed by atoms with Crippen molar-refractivity contribution in [3.8, 4) is 5.75 Å². The van der Waals surface area contributed by atoms with E-state index in [2.05, 4.69) is 24.4 Å². The first-order chi connectivity index (χ1) is 9.63. The second-order valence-corrected chi connectivity index (χ2v) is 5.96. The van der Waals surface area contributed by atoms with Crippen LogP contribution in [-0.2, 0) is 13.0 Å². The van der Waals surface area contributed by atoms with Gasteiger partial charge in [-0.25, -0.2) is 4.39 Å². The van der Waals surface area contributed by atoms with Crippen molar-refractivity contribution in [3.05, 3.63) is 51.5 Å². The van der Waals surface area contributed by atoms with Crippen LogP contribution in [0.25, 0.3) is 0 Å². The van der Waals surface area contributed by atoms with Gasteiger partial charge in [0.2, 0.25) is 0 Å². The fourth-order valence-electron chi connectivity index (χ4n) is 1.99. The van der Waals surface area contributed by atoms with Crippen molar-refractivity contribution in [2.75, 3.05) is 7.05 Å². The van der Waals surface area contributed by atoms with Crippen molar-refractivity contribution in [1.29, 1.82) is 0 Å². The van der Waals surface area contributed by atoms with Crippen LogP contribution in [0.3, 0.4) is 0 Å². The van der Waals surface area contributed by atoms with Crippen LogP contribution in [0.2, 0.25) is 0 Å². The van der Waals surface area contributed by atoms with E-state index in [0.29, 0.717) is 12.4 Å². The Balaban J connectivity index is 2.13. The predicted octanol–water partition coefficient (Wildman–Crippen LogP) is 4.31. The number of halogens is 1. The Kier molecular flexibility index (Phi) is 5.15. The van der Waals surface area contributed by atoms with Crippen LogP contribution in [-0.4, -0.2) is 7.05 Å². The summed E-state index contributed by atoms with van der Waals surface area (Å²) in [6.07, 6.45) is 1.03. The third-order valence-electron chi connectivity index (χ3n) is 3.31. The Morgan fingerprint density at radius 3 is 2.65 bits per heavy atom. The first kappa shape index (κ1) is 15.0. The zero-order valence-corrected chi connectivity index (χ0v) is 12.9. The number of hydrogen-bond acceptors (Lipinski definition) is 3. The van der Waals surface area contributed by atoms with E-state index in [4.69, 9.17) is 4.74 Å². The van der Waals surface area contributed by atoms with Gasteiger partial charge in [-0.2, -0.15) is 0 Å². The lowest BCUT2D eigenvalue weighted by molar-refractivity contribution is 0.302. The van der Waals surface area contributed by atoms with Gasteiger partial charge >= 0.3 is 0 Å². The highest BCUT2D eigenvalue weighted by Crippen LogP contribution is 2.27. The molecule has 0 bridgehead atoms. The highest BCUT2D eigenvalue weighted by atomic mass is 32.1. The molecule has 1 aromatic heterocycles. The number of rotatable bonds is 6. The van der Waals surface area contributed by atoms with Crippen LogP contribution in [0, 0.1) is 5.82 Å². The van der Waals surface area contributed by atoms with E-state index in [1.165, 1.54) is 17.0 Å². The summed E-state index contributed by atoms with van der Waals surface area (Å²) in [4.78, 5) is 2.50. The van der Waals surface area contributed by atoms with Crippen molar-refractivity contribution in [3.63, 3.8) is 0 Å². The van der Waals surface area contributed by atoms with E-state index in [1.54, 1.807) is 17.4 Å². The van der Waals surface area contributed by atoms with Gasteiger partial charge in [-0.05, 0) is 38.6 Å². The van der Waals surface area contributed by atoms with Crippen molar-refractivity contribution >= 4 is 11.3 Å². The third-order valence-corrected chi connectivity index (χ3v) is 4.51. The Bertz CT molecular complexity index is 567. The summed E-state index contributed by atoms with van der Waals surface area (Å²) in [5.74, 6) is 0.339. The summed E-state index contributed by atoms with van der Waals surface area (Å²) in [6.45, 7) is 4.65. The van der Waals surface area contributed by atoms with Crippen molar-refractivity contribution in [1.82, 2.24) is 5.32 Å². The van der Waals surface area contributed by atoms with Crippen LogP contribution in [0.5, 0.6) is 5.75 Å². The number of thiophene rings is 1. The van der Waals surface area contributed by atoms with E-state index in [1.807, 2.05) is 14.0 Å². The summed E-state index contributed by atoms with van der Waals surface area (Å²) < 4.78 is 19.2. The zero-order valence-electron chi connectivity index (χ0n) is 12.1. The number of nitrogens with one attached hydrogen (secondary N) is 1. The van der Waals surface area contributed by atoms with E-state index in [0.717, 1.165) is 16.9 Å². The minimum atomic E-state index is -0.271. The molecule has 0 aliphatic heterocycles. The molecule has 1 N–H and O–H groups in total. The van der Waals surface area contributed by atoms with Crippen molar-refractivity contribution in [2.24, 2.45) is 0 Å². The van der Waals surface area contributed by atoms with Crippen LogP contribution in [0.4, 0.5) is 4.39 Å². The minimum absolute atomic E-state index is 0.125. The first-order valence-corrected chi connectivity index (χ1v) is 7.62. The second kappa shape index (κ2) is 6.86. The molecule has 0 aliphatic rings. The van der Waals surface area contributed by atoms with Crippen LogP contribution in [0.15, 0.2) is 30.3 Å². The van der Waals surface area contributed by atoms with Gasteiger partial charge in [-0.3, -0.25) is 0 Å². The number of hydrogen-bond donors (Lipinski definition) is 1. The molecule has 2 aromatic rings. The fourth-order valence-corrected chi connectivity index (χ4v) is 2.86. The smallest absolute Gasteiger partial charge is 0.127 e. The average Bonchev–Trinajstić information content (AvgIpc) is 2.92. The van der Waals surface area contributed by atoms with Crippen molar-refractivity contribution < 1.29 is 9.13 Å². The molecule has 0 radical (unpaired) electrons. The van der Waals surface area contributed by atoms with Crippen molar-refractivity contribution in [2.45, 2.75) is 32.9 Å². The van der Waals surface area contributed by atoms with Gasteiger partial charge in [0.1, 0.15) is 18.2 Å². The molecule has 1 atom stereocenters. The summed E-state index contributed by atoms with van der Waals surface area (Å²) in [6, 6.07) is 9.02. The summed E-state index contributed by atoms with van der Waals surface area (Å²) in [5, 5.41) is 3.15. The minimum Gasteiger partial charge on any atom is -0.488 e. The normalized spacial score (nSPS) is 12.4. The van der Waals surface area contributed by atoms with Gasteiger partial charge in [-0.15, -0.1) is 11.3 Å². The van der Waals surface area contributed by atoms with Gasteiger partial charge in [0, 0.05) is 27.4 Å². The molecule has 1 aromatic carbocycles.